The fourth-order valence-corrected chi connectivity index (χ4v) is 23.9. The molecule has 0 aromatic heterocycles. The van der Waals surface area contributed by atoms with Crippen LogP contribution < -0.4 is 14.2 Å². The number of methoxy groups -OCH3 is 3. The number of alkyl halides is 2. The lowest BCUT2D eigenvalue weighted by Crippen LogP contribution is -2.02. The van der Waals surface area contributed by atoms with E-state index in [-0.39, 0.29) is 24.7 Å². The average molecular weight is 2170 g/mol. The van der Waals surface area contributed by atoms with E-state index in [1.165, 1.54) is 64.4 Å². The van der Waals surface area contributed by atoms with Crippen molar-refractivity contribution in [1.29, 1.82) is 0 Å². The molecule has 25 heteroatoms. The molecule has 0 heterocycles. The number of benzene rings is 12. The Hall–Kier alpha value is -7.24. The molecule has 11 nitrogen and oxygen atoms in total. The highest BCUT2D eigenvalue weighted by Crippen LogP contribution is 2.38. The predicted molar refractivity (Wildman–Crippen MR) is 599 cm³/mol. The van der Waals surface area contributed by atoms with Crippen LogP contribution in [0.5, 0.6) is 17.2 Å². The fraction of sp³-hybridized carbons (Fsp3) is 0.291. The second-order valence-corrected chi connectivity index (χ2v) is 46.0. The van der Waals surface area contributed by atoms with E-state index >= 15 is 0 Å². The van der Waals surface area contributed by atoms with Gasteiger partial charge in [0.05, 0.1) is 50.7 Å². The Bertz CT molecular complexity index is 6190. The number of allylic oxidation sites excluding steroid dienone is 1. The lowest BCUT2D eigenvalue weighted by Gasteiger charge is -2.12. The third kappa shape index (κ3) is 34.6. The van der Waals surface area contributed by atoms with Crippen molar-refractivity contribution in [2.45, 2.75) is 163 Å². The molecule has 0 aliphatic rings. The SMILES string of the molecule is C=C(C)C(=O)Cl.C=C(C)C(=O)SCCCCSCc1cc(-c2ccc(S(=O)(=O)c3ccc(-c4ccc(OC)c(CSCCC)c4)cc3)cc2)ccc1C.CCCSCc1cc(-c2ccc(S(=O)(=O)c3ccc(-c4ccc(C)c(CSCCCCS)c4)cc3)cc2)ccc1OC.COc1ccc(-c2ccc(S(=O)(=O)c3ccc(-c4ccc(C)c(CBr)c4)cc3)cc2)cc1CBr.SCCCCS. The first-order valence-electron chi connectivity index (χ1n) is 44.5. The number of hydrogen-bond acceptors (Lipinski definition) is 19. The van der Waals surface area contributed by atoms with Crippen LogP contribution in [0.4, 0.5) is 0 Å². The minimum atomic E-state index is -3.67. The smallest absolute Gasteiger partial charge is 0.247 e. The fourth-order valence-electron chi connectivity index (χ4n) is 13.7. The van der Waals surface area contributed by atoms with Gasteiger partial charge in [-0.25, -0.2) is 25.3 Å². The topological polar surface area (TPSA) is 164 Å². The van der Waals surface area contributed by atoms with Gasteiger partial charge in [0, 0.05) is 61.7 Å². The summed E-state index contributed by atoms with van der Waals surface area (Å²) in [5, 5.41) is 1.08. The Morgan fingerprint density at radius 3 is 0.807 bits per heavy atom. The number of hydrogen-bond donors (Lipinski definition) is 3. The van der Waals surface area contributed by atoms with Gasteiger partial charge in [-0.3, -0.25) is 9.59 Å². The molecule has 0 spiro atoms. The number of sulfone groups is 3. The van der Waals surface area contributed by atoms with Crippen LogP contribution in [0.15, 0.2) is 308 Å². The lowest BCUT2D eigenvalue weighted by molar-refractivity contribution is -0.109. The normalized spacial score (nSPS) is 11.2. The zero-order chi connectivity index (χ0) is 98.0. The molecule has 0 bridgehead atoms. The van der Waals surface area contributed by atoms with E-state index in [0.717, 1.165) is 207 Å². The van der Waals surface area contributed by atoms with Gasteiger partial charge in [0.1, 0.15) is 17.2 Å². The molecule has 0 unspecified atom stereocenters. The molecule has 0 saturated carbocycles. The molecule has 0 aliphatic carbocycles. The monoisotopic (exact) mass is 2160 g/mol. The minimum absolute atomic E-state index is 0.0842. The highest BCUT2D eigenvalue weighted by Gasteiger charge is 2.23. The van der Waals surface area contributed by atoms with Crippen LogP contribution in [-0.2, 0) is 72.8 Å². The molecule has 716 valence electrons. The van der Waals surface area contributed by atoms with Crippen LogP contribution in [0.1, 0.15) is 129 Å². The Morgan fingerprint density at radius 1 is 0.319 bits per heavy atom. The lowest BCUT2D eigenvalue weighted by atomic mass is 10.0. The molecule has 12 aromatic carbocycles. The molecule has 0 N–H and O–H groups in total. The van der Waals surface area contributed by atoms with E-state index in [9.17, 15) is 34.8 Å². The Kier molecular flexibility index (Phi) is 49.2. The van der Waals surface area contributed by atoms with Crippen molar-refractivity contribution >= 4 is 180 Å². The Labute approximate surface area is 863 Å². The zero-order valence-electron chi connectivity index (χ0n) is 78.5. The number of thiol groups is 3. The van der Waals surface area contributed by atoms with Crippen LogP contribution in [0.2, 0.25) is 0 Å². The third-order valence-electron chi connectivity index (χ3n) is 21.8. The number of aryl methyl sites for hydroxylation is 3. The maximum Gasteiger partial charge on any atom is 0.247 e. The van der Waals surface area contributed by atoms with Gasteiger partial charge >= 0.3 is 0 Å². The van der Waals surface area contributed by atoms with E-state index in [1.54, 1.807) is 108 Å². The summed E-state index contributed by atoms with van der Waals surface area (Å²) in [6.45, 7) is 21.0. The van der Waals surface area contributed by atoms with Crippen LogP contribution in [0.25, 0.3) is 66.8 Å². The molecule has 0 aliphatic heterocycles. The van der Waals surface area contributed by atoms with Crippen molar-refractivity contribution in [1.82, 2.24) is 0 Å². The van der Waals surface area contributed by atoms with Crippen LogP contribution in [0.3, 0.4) is 0 Å². The largest absolute Gasteiger partial charge is 0.496 e. The molecular weight excluding hydrogens is 2050 g/mol. The highest BCUT2D eigenvalue weighted by atomic mass is 79.9. The number of halogens is 3. The van der Waals surface area contributed by atoms with Crippen molar-refractivity contribution in [2.24, 2.45) is 0 Å². The molecule has 135 heavy (non-hydrogen) atoms. The van der Waals surface area contributed by atoms with Crippen molar-refractivity contribution in [3.63, 3.8) is 0 Å². The van der Waals surface area contributed by atoms with Crippen molar-refractivity contribution in [2.75, 3.05) is 67.4 Å². The van der Waals surface area contributed by atoms with Gasteiger partial charge in [-0.2, -0.15) is 84.9 Å². The highest BCUT2D eigenvalue weighted by molar-refractivity contribution is 9.08. The van der Waals surface area contributed by atoms with E-state index in [0.29, 0.717) is 26.3 Å². The van der Waals surface area contributed by atoms with E-state index in [4.69, 9.17) is 25.8 Å². The minimum Gasteiger partial charge on any atom is -0.496 e. The van der Waals surface area contributed by atoms with Gasteiger partial charge in [0.15, 0.2) is 0 Å². The Morgan fingerprint density at radius 2 is 0.541 bits per heavy atom. The zero-order valence-corrected chi connectivity index (χ0v) is 91.6. The van der Waals surface area contributed by atoms with E-state index in [2.05, 4.69) is 184 Å². The molecule has 12 aromatic rings. The maximum absolute atomic E-state index is 13.5. The van der Waals surface area contributed by atoms with Crippen molar-refractivity contribution in [3.05, 3.63) is 329 Å². The summed E-state index contributed by atoms with van der Waals surface area (Å²) in [6.07, 6.45) is 9.08. The van der Waals surface area contributed by atoms with Crippen LogP contribution in [-0.4, -0.2) is 103 Å². The summed E-state index contributed by atoms with van der Waals surface area (Å²) >= 11 is 33.2. The van der Waals surface area contributed by atoms with Crippen molar-refractivity contribution < 1.29 is 49.1 Å². The van der Waals surface area contributed by atoms with Gasteiger partial charge in [0.2, 0.25) is 39.9 Å². The summed E-state index contributed by atoms with van der Waals surface area (Å²) in [7, 11) is -5.89. The first-order valence-corrected chi connectivity index (χ1v) is 59.1. The van der Waals surface area contributed by atoms with Crippen molar-refractivity contribution in [3.8, 4) is 84.0 Å². The van der Waals surface area contributed by atoms with Crippen LogP contribution in [0, 0.1) is 20.8 Å². The molecule has 0 radical (unpaired) electrons. The Balaban J connectivity index is 0.000000236. The summed E-state index contributed by atoms with van der Waals surface area (Å²) in [5.74, 6) is 14.4. The second-order valence-electron chi connectivity index (χ2n) is 31.9. The number of carbonyl (C=O) groups excluding carboxylic acids is 2. The quantitative estimate of drug-likeness (QED) is 0.0109. The number of thioether (sulfide) groups is 5. The van der Waals surface area contributed by atoms with E-state index in [1.807, 2.05) is 162 Å². The molecular formula is C110H123Br2ClO11S11. The molecule has 0 atom stereocenters. The standard InChI is InChI=1S/C39H44O4S4.C35H40O3S4.C28H24Br2O3S.C4H5ClO.C4H10S2/c1-6-21-44-27-35-25-33(15-20-38(35)43-5)31-13-18-37(19-14-31)47(41,42)36-16-11-30(12-17-36)32-10-9-29(4)34(24-32)26-45-22-7-8-23-46-39(40)28(2)3;1-4-20-40-25-32-23-30(13-18-35(32)38-3)28-11-16-34(17-12-28)42(36,37)33-14-9-27(10-15-33)29-8-7-26(2)31(22-29)24-41-21-6-5-19-39;1-19-3-4-22(15-24(19)17-29)20-5-10-26(11-6-20)34(31,32)27-12-7-21(8-13-27)23-9-14-28(33-2)25(16-23)18-30;1-3(2)4(5)6;5-3-1-2-4-6/h9-20,24-25H,2,6-8,21-23,26-27H2,1,3-5H3;7-18,22-23,39H,4-6,19-21,24-25H2,1-3H3;3-16H,17-18H2,1-2H3;1H2,2H3;5-6H,1-4H2. The summed E-state index contributed by atoms with van der Waals surface area (Å²) in [6, 6.07) is 80.3. The van der Waals surface area contributed by atoms with Crippen LogP contribution >= 0.6 is 140 Å². The van der Waals surface area contributed by atoms with Gasteiger partial charge < -0.3 is 14.2 Å². The van der Waals surface area contributed by atoms with Gasteiger partial charge in [0.25, 0.3) is 0 Å². The number of unbranched alkanes of at least 4 members (excludes halogenated alkanes) is 3. The summed E-state index contributed by atoms with van der Waals surface area (Å²) in [4.78, 5) is 23.2. The summed E-state index contributed by atoms with van der Waals surface area (Å²) in [5.41, 5.74) is 24.1. The molecule has 0 saturated heterocycles. The molecule has 0 fully saturated rings. The van der Waals surface area contributed by atoms with E-state index < -0.39 is 34.8 Å². The summed E-state index contributed by atoms with van der Waals surface area (Å²) < 4.78 is 97.0. The first kappa shape index (κ1) is 113. The first-order chi connectivity index (χ1) is 64.9. The second kappa shape index (κ2) is 58.7. The van der Waals surface area contributed by atoms with Gasteiger partial charge in [-0.15, -0.1) is 0 Å². The third-order valence-corrected chi connectivity index (χ3v) is 35.3. The molecule has 12 rings (SSSR count). The number of carbonyl (C=O) groups is 2. The molecule has 0 amide bonds. The number of ether oxygens (including phenoxy) is 3. The van der Waals surface area contributed by atoms with Gasteiger partial charge in [-0.05, 0) is 353 Å². The number of rotatable bonds is 43. The maximum atomic E-state index is 13.5. The average Bonchev–Trinajstić information content (AvgIpc) is 0.793. The van der Waals surface area contributed by atoms with Gasteiger partial charge in [-0.1, -0.05) is 216 Å². The predicted octanol–water partition coefficient (Wildman–Crippen LogP) is 31.3.